The van der Waals surface area contributed by atoms with Gasteiger partial charge in [0.15, 0.2) is 0 Å². The molecule has 0 aromatic heterocycles. The van der Waals surface area contributed by atoms with Crippen LogP contribution in [-0.2, 0) is 11.0 Å². The van der Waals surface area contributed by atoms with Gasteiger partial charge in [0.2, 0.25) is 0 Å². The van der Waals surface area contributed by atoms with E-state index < -0.39 is 11.0 Å². The molecule has 1 unspecified atom stereocenters. The highest BCUT2D eigenvalue weighted by Crippen LogP contribution is 2.59. The molecule has 1 aliphatic carbocycles. The van der Waals surface area contributed by atoms with Crippen molar-refractivity contribution in [3.8, 4) is 11.1 Å². The standard InChI is InChI=1S/C38H27ClO/c39-35-26-14-25-34-36(35)37(28-17-6-2-7-18-28,29-19-8-3-9-20-29)32-23-12-13-24-33(32)38(34,40)31-22-11-10-21-30(31)27-15-4-1-5-16-27/h1-26,40H. The van der Waals surface area contributed by atoms with Crippen LogP contribution in [0.1, 0.15) is 38.9 Å². The summed E-state index contributed by atoms with van der Waals surface area (Å²) in [6.07, 6.45) is 0. The van der Waals surface area contributed by atoms with Crippen LogP contribution in [0.2, 0.25) is 5.02 Å². The Morgan fingerprint density at radius 1 is 0.425 bits per heavy atom. The molecule has 6 aromatic carbocycles. The zero-order valence-corrected chi connectivity index (χ0v) is 22.6. The molecule has 40 heavy (non-hydrogen) atoms. The number of rotatable bonds is 4. The minimum Gasteiger partial charge on any atom is -0.376 e. The molecule has 192 valence electrons. The van der Waals surface area contributed by atoms with E-state index in [-0.39, 0.29) is 0 Å². The van der Waals surface area contributed by atoms with Crippen LogP contribution in [0.3, 0.4) is 0 Å². The Morgan fingerprint density at radius 3 is 1.52 bits per heavy atom. The van der Waals surface area contributed by atoms with Gasteiger partial charge in [0.05, 0.1) is 5.41 Å². The van der Waals surface area contributed by atoms with Crippen LogP contribution in [0.5, 0.6) is 0 Å². The van der Waals surface area contributed by atoms with E-state index in [2.05, 4.69) is 84.9 Å². The van der Waals surface area contributed by atoms with E-state index in [0.717, 1.165) is 50.1 Å². The second kappa shape index (κ2) is 9.64. The number of hydrogen-bond donors (Lipinski definition) is 1. The molecule has 0 fully saturated rings. The number of aliphatic hydroxyl groups is 1. The first-order valence-electron chi connectivity index (χ1n) is 13.5. The van der Waals surface area contributed by atoms with Crippen molar-refractivity contribution in [2.24, 2.45) is 0 Å². The summed E-state index contributed by atoms with van der Waals surface area (Å²) < 4.78 is 0. The molecule has 0 aliphatic heterocycles. The molecule has 2 heteroatoms. The second-order valence-corrected chi connectivity index (χ2v) is 10.7. The van der Waals surface area contributed by atoms with Gasteiger partial charge in [-0.3, -0.25) is 0 Å². The molecule has 0 saturated heterocycles. The summed E-state index contributed by atoms with van der Waals surface area (Å²) in [7, 11) is 0. The van der Waals surface area contributed by atoms with Crippen molar-refractivity contribution < 1.29 is 5.11 Å². The first kappa shape index (κ1) is 24.6. The van der Waals surface area contributed by atoms with Crippen molar-refractivity contribution in [1.29, 1.82) is 0 Å². The van der Waals surface area contributed by atoms with Crippen molar-refractivity contribution in [3.63, 3.8) is 0 Å². The average molecular weight is 535 g/mol. The summed E-state index contributed by atoms with van der Waals surface area (Å²) in [6.45, 7) is 0. The van der Waals surface area contributed by atoms with Crippen molar-refractivity contribution in [3.05, 3.63) is 202 Å². The maximum absolute atomic E-state index is 13.3. The van der Waals surface area contributed by atoms with E-state index in [4.69, 9.17) is 11.6 Å². The molecule has 1 N–H and O–H groups in total. The van der Waals surface area contributed by atoms with Crippen molar-refractivity contribution >= 4 is 11.6 Å². The van der Waals surface area contributed by atoms with E-state index in [1.807, 2.05) is 72.8 Å². The molecular weight excluding hydrogens is 508 g/mol. The number of fused-ring (bicyclic) bond motifs is 2. The monoisotopic (exact) mass is 534 g/mol. The molecule has 1 nitrogen and oxygen atoms in total. The normalized spacial score (nSPS) is 17.1. The van der Waals surface area contributed by atoms with Gasteiger partial charge in [-0.05, 0) is 50.6 Å². The number of benzene rings is 6. The molecule has 6 aromatic rings. The predicted octanol–water partition coefficient (Wildman–Crippen LogP) is 8.99. The molecule has 0 radical (unpaired) electrons. The largest absolute Gasteiger partial charge is 0.376 e. The zero-order chi connectivity index (χ0) is 27.2. The van der Waals surface area contributed by atoms with Gasteiger partial charge in [-0.25, -0.2) is 0 Å². The van der Waals surface area contributed by atoms with Gasteiger partial charge >= 0.3 is 0 Å². The van der Waals surface area contributed by atoms with E-state index >= 15 is 0 Å². The lowest BCUT2D eigenvalue weighted by Gasteiger charge is -2.49. The van der Waals surface area contributed by atoms with Gasteiger partial charge in [0, 0.05) is 10.6 Å². The molecule has 1 aliphatic rings. The van der Waals surface area contributed by atoms with E-state index in [0.29, 0.717) is 5.02 Å². The molecule has 0 bridgehead atoms. The van der Waals surface area contributed by atoms with Crippen molar-refractivity contribution in [2.75, 3.05) is 0 Å². The predicted molar refractivity (Wildman–Crippen MR) is 164 cm³/mol. The maximum Gasteiger partial charge on any atom is 0.141 e. The first-order valence-corrected chi connectivity index (χ1v) is 13.9. The van der Waals surface area contributed by atoms with Crippen LogP contribution in [0, 0.1) is 0 Å². The zero-order valence-electron chi connectivity index (χ0n) is 21.8. The van der Waals surface area contributed by atoms with Crippen molar-refractivity contribution in [1.82, 2.24) is 0 Å². The lowest BCUT2D eigenvalue weighted by molar-refractivity contribution is 0.119. The highest BCUT2D eigenvalue weighted by atomic mass is 35.5. The van der Waals surface area contributed by atoms with E-state index in [1.54, 1.807) is 0 Å². The van der Waals surface area contributed by atoms with Crippen LogP contribution in [-0.4, -0.2) is 5.11 Å². The number of halogens is 1. The Morgan fingerprint density at radius 2 is 0.900 bits per heavy atom. The highest BCUT2D eigenvalue weighted by molar-refractivity contribution is 6.32. The van der Waals surface area contributed by atoms with Crippen LogP contribution in [0.15, 0.2) is 158 Å². The van der Waals surface area contributed by atoms with Gasteiger partial charge in [-0.2, -0.15) is 0 Å². The second-order valence-electron chi connectivity index (χ2n) is 10.3. The fourth-order valence-electron chi connectivity index (χ4n) is 6.71. The molecule has 0 amide bonds. The summed E-state index contributed by atoms with van der Waals surface area (Å²) in [4.78, 5) is 0. The van der Waals surface area contributed by atoms with Crippen LogP contribution < -0.4 is 0 Å². The Labute approximate surface area is 240 Å². The van der Waals surface area contributed by atoms with Crippen LogP contribution in [0.25, 0.3) is 11.1 Å². The quantitative estimate of drug-likeness (QED) is 0.239. The van der Waals surface area contributed by atoms with Gasteiger partial charge < -0.3 is 5.11 Å². The minimum absolute atomic E-state index is 0.621. The molecule has 0 heterocycles. The fourth-order valence-corrected chi connectivity index (χ4v) is 7.03. The van der Waals surface area contributed by atoms with E-state index in [1.165, 1.54) is 0 Å². The molecule has 1 atom stereocenters. The van der Waals surface area contributed by atoms with Crippen LogP contribution >= 0.6 is 11.6 Å². The van der Waals surface area contributed by atoms with Gasteiger partial charge in [0.25, 0.3) is 0 Å². The minimum atomic E-state index is -1.45. The smallest absolute Gasteiger partial charge is 0.141 e. The SMILES string of the molecule is OC1(c2ccccc2-c2ccccc2)c2ccccc2C(c2ccccc2)(c2ccccc2)c2c(Cl)cccc21. The number of hydrogen-bond acceptors (Lipinski definition) is 1. The summed E-state index contributed by atoms with van der Waals surface area (Å²) in [5.41, 5.74) is 6.42. The average Bonchev–Trinajstić information content (AvgIpc) is 3.03. The fraction of sp³-hybridized carbons (Fsp3) is 0.0526. The Hall–Kier alpha value is -4.43. The lowest BCUT2D eigenvalue weighted by Crippen LogP contribution is -2.45. The maximum atomic E-state index is 13.3. The lowest BCUT2D eigenvalue weighted by atomic mass is 9.55. The Kier molecular flexibility index (Phi) is 5.93. The van der Waals surface area contributed by atoms with Crippen molar-refractivity contribution in [2.45, 2.75) is 11.0 Å². The first-order chi connectivity index (χ1) is 19.7. The highest BCUT2D eigenvalue weighted by Gasteiger charge is 2.53. The van der Waals surface area contributed by atoms with Gasteiger partial charge in [-0.1, -0.05) is 163 Å². The van der Waals surface area contributed by atoms with Crippen LogP contribution in [0.4, 0.5) is 0 Å². The molecule has 7 rings (SSSR count). The summed E-state index contributed by atoms with van der Waals surface area (Å²) in [5.74, 6) is 0. The summed E-state index contributed by atoms with van der Waals surface area (Å²) in [5, 5.41) is 13.9. The topological polar surface area (TPSA) is 20.2 Å². The third-order valence-corrected chi connectivity index (χ3v) is 8.63. The Balaban J connectivity index is 1.66. The Bertz CT molecular complexity index is 1770. The molecule has 0 spiro atoms. The van der Waals surface area contributed by atoms with Gasteiger partial charge in [0.1, 0.15) is 5.60 Å². The third kappa shape index (κ3) is 3.45. The molecule has 0 saturated carbocycles. The summed E-state index contributed by atoms with van der Waals surface area (Å²) >= 11 is 7.25. The third-order valence-electron chi connectivity index (χ3n) is 8.31. The molecular formula is C38H27ClO. The van der Waals surface area contributed by atoms with Gasteiger partial charge in [-0.15, -0.1) is 0 Å². The summed E-state index contributed by atoms with van der Waals surface area (Å²) in [6, 6.07) is 53.7. The van der Waals surface area contributed by atoms with E-state index in [9.17, 15) is 5.11 Å².